The van der Waals surface area contributed by atoms with E-state index in [2.05, 4.69) is 26.1 Å². The van der Waals surface area contributed by atoms with Gasteiger partial charge in [-0.25, -0.2) is 8.78 Å². The summed E-state index contributed by atoms with van der Waals surface area (Å²) in [6, 6.07) is 22.3. The standard InChI is InChI=1S/C44H45F2N5O5/c45-31-4-1-28(2-5-31)36-26-56-40-23-33(52)7-9-35(40)42(36)29-3-10-38(37(46)22-29)50-15-13-27(14-16-50)24-48-17-19-49(20-18-48)32-6-8-34-30(21-32)25-51(44(34)55)39-11-12-41(53)47-43(39)54/h1-10,21-23,27,36,39,42,52H,11-20,24-26H2,(H,47,53,54)/t36-,39+,42-/m1/s1. The molecule has 0 radical (unpaired) electrons. The van der Waals surface area contributed by atoms with Crippen LogP contribution in [0.5, 0.6) is 11.5 Å². The summed E-state index contributed by atoms with van der Waals surface area (Å²) in [5.74, 6) is -0.616. The SMILES string of the molecule is O=C1CC[C@H](N2Cc3cc(N4CCN(CC5CCN(c6ccc([C@@H]7c8ccc(O)cc8OC[C@@H]7c7ccc(F)cc7)cc6F)CC5)CC4)ccc3C2=O)C(=O)N1. The number of nitrogens with one attached hydrogen (secondary N) is 1. The molecule has 3 saturated heterocycles. The summed E-state index contributed by atoms with van der Waals surface area (Å²) in [6.07, 6.45) is 2.55. The van der Waals surface area contributed by atoms with E-state index >= 15 is 4.39 Å². The van der Waals surface area contributed by atoms with Gasteiger partial charge in [-0.15, -0.1) is 0 Å². The van der Waals surface area contributed by atoms with E-state index in [1.807, 2.05) is 30.3 Å². The van der Waals surface area contributed by atoms with Crippen LogP contribution in [0.4, 0.5) is 20.2 Å². The highest BCUT2D eigenvalue weighted by atomic mass is 19.1. The number of amides is 3. The predicted molar refractivity (Wildman–Crippen MR) is 207 cm³/mol. The first-order chi connectivity index (χ1) is 27.2. The van der Waals surface area contributed by atoms with Crippen molar-refractivity contribution in [2.75, 3.05) is 62.2 Å². The lowest BCUT2D eigenvalue weighted by Crippen LogP contribution is -2.52. The lowest BCUT2D eigenvalue weighted by Gasteiger charge is -2.40. The molecule has 10 nitrogen and oxygen atoms in total. The van der Waals surface area contributed by atoms with Gasteiger partial charge in [0.05, 0.1) is 12.3 Å². The molecule has 9 rings (SSSR count). The lowest BCUT2D eigenvalue weighted by molar-refractivity contribution is -0.136. The Morgan fingerprint density at radius 3 is 2.30 bits per heavy atom. The molecular formula is C44H45F2N5O5. The smallest absolute Gasteiger partial charge is 0.255 e. The number of phenols is 1. The first-order valence-corrected chi connectivity index (χ1v) is 19.7. The molecule has 0 unspecified atom stereocenters. The molecule has 290 valence electrons. The highest BCUT2D eigenvalue weighted by Gasteiger charge is 2.40. The number of piperidine rings is 2. The highest BCUT2D eigenvalue weighted by molar-refractivity contribution is 6.05. The average molecular weight is 762 g/mol. The van der Waals surface area contributed by atoms with Gasteiger partial charge < -0.3 is 24.5 Å². The van der Waals surface area contributed by atoms with Crippen molar-refractivity contribution in [1.29, 1.82) is 0 Å². The summed E-state index contributed by atoms with van der Waals surface area (Å²) in [5, 5.41) is 12.5. The van der Waals surface area contributed by atoms with Crippen LogP contribution in [0.1, 0.15) is 70.1 Å². The molecule has 2 N–H and O–H groups in total. The van der Waals surface area contributed by atoms with E-state index in [1.165, 1.54) is 12.1 Å². The van der Waals surface area contributed by atoms with Gasteiger partial charge in [-0.3, -0.25) is 24.6 Å². The van der Waals surface area contributed by atoms with Crippen LogP contribution in [0.25, 0.3) is 0 Å². The van der Waals surface area contributed by atoms with Gasteiger partial charge in [-0.1, -0.05) is 24.3 Å². The summed E-state index contributed by atoms with van der Waals surface area (Å²) in [4.78, 5) is 45.8. The van der Waals surface area contributed by atoms with Crippen LogP contribution in [-0.4, -0.2) is 91.1 Å². The van der Waals surface area contributed by atoms with Crippen molar-refractivity contribution in [3.05, 3.63) is 118 Å². The molecule has 4 aromatic carbocycles. The van der Waals surface area contributed by atoms with Crippen molar-refractivity contribution in [1.82, 2.24) is 15.1 Å². The lowest BCUT2D eigenvalue weighted by atomic mass is 9.75. The molecule has 0 saturated carbocycles. The molecule has 0 aromatic heterocycles. The summed E-state index contributed by atoms with van der Waals surface area (Å²) in [5.41, 5.74) is 5.81. The number of carbonyl (C=O) groups is 3. The van der Waals surface area contributed by atoms with Gasteiger partial charge in [-0.05, 0) is 90.4 Å². The van der Waals surface area contributed by atoms with Gasteiger partial charge in [0.2, 0.25) is 11.8 Å². The van der Waals surface area contributed by atoms with E-state index in [1.54, 1.807) is 35.2 Å². The number of imide groups is 1. The summed E-state index contributed by atoms with van der Waals surface area (Å²) < 4.78 is 35.9. The Morgan fingerprint density at radius 1 is 0.786 bits per heavy atom. The number of piperazine rings is 1. The number of anilines is 2. The quantitative estimate of drug-likeness (QED) is 0.229. The molecule has 12 heteroatoms. The second-order valence-electron chi connectivity index (χ2n) is 15.8. The Labute approximate surface area is 324 Å². The van der Waals surface area contributed by atoms with Crippen molar-refractivity contribution in [2.45, 2.75) is 50.1 Å². The van der Waals surface area contributed by atoms with Gasteiger partial charge in [0.25, 0.3) is 5.91 Å². The molecule has 0 bridgehead atoms. The molecule has 5 aliphatic rings. The molecule has 5 aliphatic heterocycles. The van der Waals surface area contributed by atoms with Crippen molar-refractivity contribution in [3.63, 3.8) is 0 Å². The van der Waals surface area contributed by atoms with E-state index in [4.69, 9.17) is 4.74 Å². The molecule has 4 aromatic rings. The Hall–Kier alpha value is -5.49. The number of nitrogens with zero attached hydrogens (tertiary/aromatic N) is 4. The van der Waals surface area contributed by atoms with Gasteiger partial charge in [0, 0.05) is 93.5 Å². The monoisotopic (exact) mass is 761 g/mol. The van der Waals surface area contributed by atoms with Crippen LogP contribution in [0.3, 0.4) is 0 Å². The topological polar surface area (TPSA) is 106 Å². The van der Waals surface area contributed by atoms with Gasteiger partial charge in [0.1, 0.15) is 29.2 Å². The normalized spacial score (nSPS) is 23.1. The molecule has 5 heterocycles. The first-order valence-electron chi connectivity index (χ1n) is 19.7. The number of aromatic hydroxyl groups is 1. The van der Waals surface area contributed by atoms with Gasteiger partial charge >= 0.3 is 0 Å². The molecule has 0 aliphatic carbocycles. The predicted octanol–water partition coefficient (Wildman–Crippen LogP) is 5.78. The van der Waals surface area contributed by atoms with E-state index in [-0.39, 0.29) is 47.5 Å². The van der Waals surface area contributed by atoms with E-state index in [0.29, 0.717) is 42.5 Å². The zero-order chi connectivity index (χ0) is 38.5. The van der Waals surface area contributed by atoms with E-state index in [0.717, 1.165) is 86.6 Å². The molecule has 3 fully saturated rings. The zero-order valence-electron chi connectivity index (χ0n) is 31.1. The Morgan fingerprint density at radius 2 is 1.55 bits per heavy atom. The van der Waals surface area contributed by atoms with Crippen LogP contribution in [0.2, 0.25) is 0 Å². The van der Waals surface area contributed by atoms with Crippen molar-refractivity contribution >= 4 is 29.1 Å². The highest BCUT2D eigenvalue weighted by Crippen LogP contribution is 2.47. The molecule has 0 spiro atoms. The zero-order valence-corrected chi connectivity index (χ0v) is 31.1. The number of rotatable bonds is 7. The summed E-state index contributed by atoms with van der Waals surface area (Å²) in [6.45, 7) is 6.88. The van der Waals surface area contributed by atoms with Crippen LogP contribution in [0, 0.1) is 17.6 Å². The summed E-state index contributed by atoms with van der Waals surface area (Å²) >= 11 is 0. The molecule has 56 heavy (non-hydrogen) atoms. The van der Waals surface area contributed by atoms with Crippen molar-refractivity contribution in [2.24, 2.45) is 5.92 Å². The second kappa shape index (κ2) is 14.9. The molecule has 3 atom stereocenters. The van der Waals surface area contributed by atoms with E-state index < -0.39 is 11.9 Å². The number of ether oxygens (including phenoxy) is 1. The third kappa shape index (κ3) is 6.95. The number of hydrogen-bond acceptors (Lipinski definition) is 8. The fourth-order valence-electron chi connectivity index (χ4n) is 9.45. The Bertz CT molecular complexity index is 2170. The van der Waals surface area contributed by atoms with Crippen molar-refractivity contribution < 1.29 is 33.0 Å². The Kier molecular flexibility index (Phi) is 9.60. The largest absolute Gasteiger partial charge is 0.508 e. The maximum Gasteiger partial charge on any atom is 0.255 e. The molecule has 3 amide bonds. The van der Waals surface area contributed by atoms with Crippen LogP contribution in [0.15, 0.2) is 78.9 Å². The summed E-state index contributed by atoms with van der Waals surface area (Å²) in [7, 11) is 0. The number of phenolic OH excluding ortho intramolecular Hbond substituents is 1. The van der Waals surface area contributed by atoms with Gasteiger partial charge in [-0.2, -0.15) is 0 Å². The number of halogens is 2. The third-order valence-corrected chi connectivity index (χ3v) is 12.5. The molecular weight excluding hydrogens is 717 g/mol. The van der Waals surface area contributed by atoms with Crippen LogP contribution >= 0.6 is 0 Å². The number of carbonyl (C=O) groups excluding carboxylic acids is 3. The first kappa shape index (κ1) is 36.2. The Balaban J connectivity index is 0.798. The maximum absolute atomic E-state index is 16.1. The van der Waals surface area contributed by atoms with Gasteiger partial charge in [0.15, 0.2) is 0 Å². The van der Waals surface area contributed by atoms with Crippen molar-refractivity contribution in [3.8, 4) is 11.5 Å². The van der Waals surface area contributed by atoms with Crippen LogP contribution in [-0.2, 0) is 16.1 Å². The minimum absolute atomic E-state index is 0.104. The maximum atomic E-state index is 16.1. The number of fused-ring (bicyclic) bond motifs is 2. The van der Waals surface area contributed by atoms with E-state index in [9.17, 15) is 23.9 Å². The average Bonchev–Trinajstić information content (AvgIpc) is 3.53. The minimum Gasteiger partial charge on any atom is -0.508 e. The number of benzene rings is 4. The fraction of sp³-hybridized carbons (Fsp3) is 0.386. The second-order valence-corrected chi connectivity index (χ2v) is 15.8. The fourth-order valence-corrected chi connectivity index (χ4v) is 9.45. The van der Waals surface area contributed by atoms with Crippen LogP contribution < -0.4 is 19.9 Å². The minimum atomic E-state index is -0.618. The third-order valence-electron chi connectivity index (χ3n) is 12.5. The number of hydrogen-bond donors (Lipinski definition) is 2.